The van der Waals surface area contributed by atoms with Gasteiger partial charge in [0.15, 0.2) is 0 Å². The number of nitrogens with zero attached hydrogens (tertiary/aromatic N) is 1. The maximum atomic E-state index is 6.41. The molecular weight excluding hydrogens is 587 g/mol. The number of unbranched alkanes of at least 4 members (excludes halogenated alkanes) is 4. The molecule has 0 saturated heterocycles. The molecule has 0 aliphatic carbocycles. The lowest BCUT2D eigenvalue weighted by molar-refractivity contribution is -0.0287. The Morgan fingerprint density at radius 3 is 1.15 bits per heavy atom. The van der Waals surface area contributed by atoms with Crippen LogP contribution in [0.3, 0.4) is 0 Å². The molecule has 0 heterocycles. The third-order valence-corrected chi connectivity index (χ3v) is 11.1. The van der Waals surface area contributed by atoms with Gasteiger partial charge < -0.3 is 14.4 Å². The van der Waals surface area contributed by atoms with Crippen molar-refractivity contribution >= 4 is 0 Å². The maximum absolute atomic E-state index is 6.41. The van der Waals surface area contributed by atoms with E-state index in [0.717, 1.165) is 74.2 Å². The zero-order chi connectivity index (χ0) is 36.0. The number of ether oxygens (including phenoxy) is 2. The van der Waals surface area contributed by atoms with Crippen LogP contribution in [-0.4, -0.2) is 51.5 Å². The van der Waals surface area contributed by atoms with E-state index in [1.807, 2.05) is 0 Å². The van der Waals surface area contributed by atoms with Crippen molar-refractivity contribution in [2.24, 2.45) is 41.4 Å². The standard InChI is InChI=1S/C45H93NO2/c1-38(2)21-17-25-40(5)23-15-13-12-14-16-24-43(8)33-36-48-45(31-34-46(10)11)37-47-35-32-44(9)30-20-29-42(7)28-19-27-41(6)26-18-22-39(3)4/h38-45H,12-37H2,1-11H3. The predicted molar refractivity (Wildman–Crippen MR) is 216 cm³/mol. The van der Waals surface area contributed by atoms with Crippen LogP contribution in [0.5, 0.6) is 0 Å². The van der Waals surface area contributed by atoms with Crippen molar-refractivity contribution in [3.8, 4) is 0 Å². The second-order valence-electron chi connectivity index (χ2n) is 18.1. The topological polar surface area (TPSA) is 21.7 Å². The van der Waals surface area contributed by atoms with Crippen LogP contribution in [0.4, 0.5) is 0 Å². The van der Waals surface area contributed by atoms with Gasteiger partial charge in [0.05, 0.1) is 12.7 Å². The maximum Gasteiger partial charge on any atom is 0.0820 e. The largest absolute Gasteiger partial charge is 0.379 e. The summed E-state index contributed by atoms with van der Waals surface area (Å²) in [5, 5.41) is 0. The fourth-order valence-electron chi connectivity index (χ4n) is 7.17. The molecule has 0 radical (unpaired) electrons. The highest BCUT2D eigenvalue weighted by Crippen LogP contribution is 2.23. The lowest BCUT2D eigenvalue weighted by atomic mass is 9.91. The molecule has 0 amide bonds. The first-order valence-corrected chi connectivity index (χ1v) is 21.7. The molecule has 6 unspecified atom stereocenters. The van der Waals surface area contributed by atoms with Gasteiger partial charge in [-0.2, -0.15) is 0 Å². The Kier molecular flexibility index (Phi) is 32.7. The summed E-state index contributed by atoms with van der Waals surface area (Å²) in [6.07, 6.45) is 30.3. The van der Waals surface area contributed by atoms with Crippen LogP contribution in [0, 0.1) is 41.4 Å². The Morgan fingerprint density at radius 2 is 0.729 bits per heavy atom. The van der Waals surface area contributed by atoms with E-state index in [9.17, 15) is 0 Å². The van der Waals surface area contributed by atoms with Crippen molar-refractivity contribution < 1.29 is 9.47 Å². The fraction of sp³-hybridized carbons (Fsp3) is 1.00. The molecule has 6 atom stereocenters. The molecule has 0 saturated carbocycles. The fourth-order valence-corrected chi connectivity index (χ4v) is 7.17. The van der Waals surface area contributed by atoms with Crippen LogP contribution >= 0.6 is 0 Å². The van der Waals surface area contributed by atoms with Crippen molar-refractivity contribution in [1.82, 2.24) is 4.90 Å². The normalized spacial score (nSPS) is 16.1. The van der Waals surface area contributed by atoms with Crippen LogP contribution in [0.25, 0.3) is 0 Å². The van der Waals surface area contributed by atoms with Gasteiger partial charge in [-0.3, -0.25) is 0 Å². The first-order chi connectivity index (χ1) is 22.9. The minimum absolute atomic E-state index is 0.224. The average molecular weight is 680 g/mol. The molecule has 0 aromatic heterocycles. The molecule has 3 nitrogen and oxygen atoms in total. The van der Waals surface area contributed by atoms with Gasteiger partial charge in [-0.1, -0.05) is 184 Å². The van der Waals surface area contributed by atoms with Crippen LogP contribution in [0.1, 0.15) is 204 Å². The van der Waals surface area contributed by atoms with Crippen molar-refractivity contribution in [3.05, 3.63) is 0 Å². The monoisotopic (exact) mass is 680 g/mol. The zero-order valence-corrected chi connectivity index (χ0v) is 35.3. The average Bonchev–Trinajstić information content (AvgIpc) is 3.00. The van der Waals surface area contributed by atoms with E-state index in [-0.39, 0.29) is 6.10 Å². The Hall–Kier alpha value is -0.120. The zero-order valence-electron chi connectivity index (χ0n) is 35.3. The number of hydrogen-bond acceptors (Lipinski definition) is 3. The van der Waals surface area contributed by atoms with Crippen molar-refractivity contribution in [2.45, 2.75) is 210 Å². The van der Waals surface area contributed by atoms with E-state index in [2.05, 4.69) is 81.3 Å². The number of hydrogen-bond donors (Lipinski definition) is 0. The van der Waals surface area contributed by atoms with E-state index >= 15 is 0 Å². The van der Waals surface area contributed by atoms with Crippen LogP contribution < -0.4 is 0 Å². The molecule has 0 spiro atoms. The van der Waals surface area contributed by atoms with Gasteiger partial charge in [0, 0.05) is 19.8 Å². The Morgan fingerprint density at radius 1 is 0.375 bits per heavy atom. The summed E-state index contributed by atoms with van der Waals surface area (Å²) in [7, 11) is 4.32. The lowest BCUT2D eigenvalue weighted by Gasteiger charge is -2.22. The van der Waals surface area contributed by atoms with Gasteiger partial charge in [0.1, 0.15) is 0 Å². The summed E-state index contributed by atoms with van der Waals surface area (Å²) < 4.78 is 12.6. The SMILES string of the molecule is CC(C)CCCC(C)CCCCCCCC(C)CCOC(CCN(C)C)COCCC(C)CCCC(C)CCCC(C)CCCC(C)C. The minimum atomic E-state index is 0.224. The summed E-state index contributed by atoms with van der Waals surface area (Å²) in [5.74, 6) is 5.93. The van der Waals surface area contributed by atoms with Crippen molar-refractivity contribution in [3.63, 3.8) is 0 Å². The molecule has 0 rings (SSSR count). The highest BCUT2D eigenvalue weighted by molar-refractivity contribution is 4.64. The van der Waals surface area contributed by atoms with E-state index in [0.29, 0.717) is 0 Å². The van der Waals surface area contributed by atoms with Crippen LogP contribution in [-0.2, 0) is 9.47 Å². The van der Waals surface area contributed by atoms with E-state index in [4.69, 9.17) is 9.47 Å². The van der Waals surface area contributed by atoms with Gasteiger partial charge in [0.2, 0.25) is 0 Å². The lowest BCUT2D eigenvalue weighted by Crippen LogP contribution is -2.27. The van der Waals surface area contributed by atoms with Gasteiger partial charge >= 0.3 is 0 Å². The van der Waals surface area contributed by atoms with Gasteiger partial charge in [-0.15, -0.1) is 0 Å². The summed E-state index contributed by atoms with van der Waals surface area (Å²) in [5.41, 5.74) is 0. The molecule has 0 fully saturated rings. The van der Waals surface area contributed by atoms with Crippen LogP contribution in [0.2, 0.25) is 0 Å². The molecule has 48 heavy (non-hydrogen) atoms. The minimum Gasteiger partial charge on any atom is -0.379 e. The molecular formula is C45H93NO2. The summed E-state index contributed by atoms with van der Waals surface area (Å²) in [6.45, 7) is 25.2. The summed E-state index contributed by atoms with van der Waals surface area (Å²) >= 11 is 0. The summed E-state index contributed by atoms with van der Waals surface area (Å²) in [6, 6.07) is 0. The molecule has 290 valence electrons. The van der Waals surface area contributed by atoms with Gasteiger partial charge in [-0.05, 0) is 74.8 Å². The van der Waals surface area contributed by atoms with E-state index in [1.54, 1.807) is 0 Å². The van der Waals surface area contributed by atoms with Crippen LogP contribution in [0.15, 0.2) is 0 Å². The first-order valence-electron chi connectivity index (χ1n) is 21.7. The quantitative estimate of drug-likeness (QED) is 0.0615. The van der Waals surface area contributed by atoms with Crippen molar-refractivity contribution in [1.29, 1.82) is 0 Å². The molecule has 3 heteroatoms. The molecule has 0 aliphatic rings. The third kappa shape index (κ3) is 34.3. The van der Waals surface area contributed by atoms with E-state index in [1.165, 1.54) is 135 Å². The summed E-state index contributed by atoms with van der Waals surface area (Å²) in [4.78, 5) is 2.27. The second kappa shape index (κ2) is 32.8. The van der Waals surface area contributed by atoms with Gasteiger partial charge in [-0.25, -0.2) is 0 Å². The highest BCUT2D eigenvalue weighted by Gasteiger charge is 2.13. The smallest absolute Gasteiger partial charge is 0.0820 e. The third-order valence-electron chi connectivity index (χ3n) is 11.1. The Balaban J connectivity index is 3.96. The highest BCUT2D eigenvalue weighted by atomic mass is 16.5. The Labute approximate surface area is 305 Å². The Bertz CT molecular complexity index is 649. The molecule has 0 aromatic carbocycles. The molecule has 0 N–H and O–H groups in total. The molecule has 0 aliphatic heterocycles. The molecule has 0 bridgehead atoms. The van der Waals surface area contributed by atoms with Crippen molar-refractivity contribution in [2.75, 3.05) is 40.5 Å². The number of rotatable bonds is 36. The first kappa shape index (κ1) is 47.9. The predicted octanol–water partition coefficient (Wildman–Crippen LogP) is 14.0. The second-order valence-corrected chi connectivity index (χ2v) is 18.1. The van der Waals surface area contributed by atoms with E-state index < -0.39 is 0 Å². The molecule has 0 aromatic rings. The van der Waals surface area contributed by atoms with Gasteiger partial charge in [0.25, 0.3) is 0 Å².